The van der Waals surface area contributed by atoms with Gasteiger partial charge in [0.25, 0.3) is 0 Å². The van der Waals surface area contributed by atoms with Crippen molar-refractivity contribution < 1.29 is 16.8 Å². The molecule has 4 N–H and O–H groups in total. The molecule has 0 bridgehead atoms. The molecule has 1 saturated carbocycles. The number of halogens is 1. The van der Waals surface area contributed by atoms with E-state index in [9.17, 15) is 9.18 Å². The van der Waals surface area contributed by atoms with Gasteiger partial charge in [0.15, 0.2) is 0 Å². The molecule has 2 atom stereocenters. The second kappa shape index (κ2) is 6.84. The quantitative estimate of drug-likeness (QED) is 0.695. The van der Waals surface area contributed by atoms with Crippen LogP contribution in [0.5, 0.6) is 5.88 Å². The van der Waals surface area contributed by atoms with Crippen molar-refractivity contribution >= 4 is 23.3 Å². The molecule has 2 aromatic rings. The lowest BCUT2D eigenvalue weighted by atomic mass is 10.0. The van der Waals surface area contributed by atoms with Gasteiger partial charge in [-0.3, -0.25) is 10.2 Å². The number of nitrogens with one attached hydrogen (secondary N) is 2. The normalized spacial score (nSPS) is 18.5. The standard InChI is InChI=1S/C17H18FN5O2.2H2/c1-2-25-17-10(4-3-7-21-17)14(19)9-5-6-13(22-15(9)20)23-16(24)11-8-12(11)18;;/h3-7,11-12,19H,2,8H2,1H3,(H3,20,22,23,24);2*1H. The van der Waals surface area contributed by atoms with Crippen molar-refractivity contribution in [2.75, 3.05) is 17.7 Å². The highest BCUT2D eigenvalue weighted by molar-refractivity contribution is 6.14. The molecular weight excluding hydrogens is 325 g/mol. The molecule has 7 nitrogen and oxygen atoms in total. The number of alkyl halides is 1. The number of nitrogen functional groups attached to an aromatic ring is 1. The van der Waals surface area contributed by atoms with Gasteiger partial charge in [-0.05, 0) is 37.6 Å². The van der Waals surface area contributed by atoms with Crippen LogP contribution in [-0.4, -0.2) is 34.4 Å². The molecule has 2 unspecified atom stereocenters. The minimum Gasteiger partial charge on any atom is -0.477 e. The Hall–Kier alpha value is -3.03. The van der Waals surface area contributed by atoms with Crippen LogP contribution < -0.4 is 15.8 Å². The van der Waals surface area contributed by atoms with Gasteiger partial charge in [0.05, 0.1) is 23.8 Å². The van der Waals surface area contributed by atoms with E-state index in [-0.39, 0.29) is 26.6 Å². The number of amides is 1. The molecule has 1 aliphatic rings. The predicted octanol–water partition coefficient (Wildman–Crippen LogP) is 2.66. The number of rotatable bonds is 6. The van der Waals surface area contributed by atoms with Gasteiger partial charge in [-0.15, -0.1) is 0 Å². The summed E-state index contributed by atoms with van der Waals surface area (Å²) in [6.45, 7) is 2.25. The lowest BCUT2D eigenvalue weighted by molar-refractivity contribution is -0.117. The summed E-state index contributed by atoms with van der Waals surface area (Å²) in [7, 11) is 0. The Labute approximate surface area is 146 Å². The van der Waals surface area contributed by atoms with Gasteiger partial charge in [-0.1, -0.05) is 0 Å². The second-order valence-corrected chi connectivity index (χ2v) is 5.64. The van der Waals surface area contributed by atoms with Gasteiger partial charge in [-0.2, -0.15) is 0 Å². The number of nitrogens with zero attached hydrogens (tertiary/aromatic N) is 2. The van der Waals surface area contributed by atoms with E-state index in [1.54, 1.807) is 24.4 Å². The first-order valence-electron chi connectivity index (χ1n) is 7.89. The van der Waals surface area contributed by atoms with Crippen LogP contribution in [0.15, 0.2) is 30.5 Å². The number of nitrogens with two attached hydrogens (primary N) is 1. The molecule has 0 saturated heterocycles. The Morgan fingerprint density at radius 1 is 1.48 bits per heavy atom. The number of hydrogen-bond acceptors (Lipinski definition) is 6. The molecule has 1 aliphatic carbocycles. The number of ether oxygens (including phenoxy) is 1. The van der Waals surface area contributed by atoms with Gasteiger partial charge in [-0.25, -0.2) is 14.4 Å². The number of anilines is 2. The van der Waals surface area contributed by atoms with Crippen molar-refractivity contribution in [3.63, 3.8) is 0 Å². The van der Waals surface area contributed by atoms with E-state index in [1.165, 1.54) is 6.07 Å². The van der Waals surface area contributed by atoms with Crippen LogP contribution in [0, 0.1) is 11.3 Å². The average molecular weight is 347 g/mol. The number of carbonyl (C=O) groups excluding carboxylic acids is 1. The van der Waals surface area contributed by atoms with Crippen LogP contribution >= 0.6 is 0 Å². The summed E-state index contributed by atoms with van der Waals surface area (Å²) >= 11 is 0. The number of carbonyl (C=O) groups is 1. The first-order valence-corrected chi connectivity index (χ1v) is 7.89. The third-order valence-corrected chi connectivity index (χ3v) is 3.82. The molecule has 2 aromatic heterocycles. The minimum absolute atomic E-state index is 0. The van der Waals surface area contributed by atoms with Crippen molar-refractivity contribution in [2.24, 2.45) is 5.92 Å². The summed E-state index contributed by atoms with van der Waals surface area (Å²) in [4.78, 5) is 20.0. The largest absolute Gasteiger partial charge is 0.477 e. The molecule has 0 spiro atoms. The van der Waals surface area contributed by atoms with E-state index >= 15 is 0 Å². The van der Waals surface area contributed by atoms with Crippen molar-refractivity contribution in [1.29, 1.82) is 5.41 Å². The number of aromatic nitrogens is 2. The molecular formula is C17H22FN5O2. The maximum Gasteiger partial charge on any atom is 0.231 e. The highest BCUT2D eigenvalue weighted by Crippen LogP contribution is 2.34. The number of hydrogen-bond donors (Lipinski definition) is 3. The van der Waals surface area contributed by atoms with Crippen LogP contribution in [0.3, 0.4) is 0 Å². The maximum atomic E-state index is 12.9. The van der Waals surface area contributed by atoms with Crippen molar-refractivity contribution in [3.8, 4) is 5.88 Å². The molecule has 25 heavy (non-hydrogen) atoms. The fourth-order valence-corrected chi connectivity index (χ4v) is 2.39. The molecule has 134 valence electrons. The van der Waals surface area contributed by atoms with Crippen LogP contribution in [0.1, 0.15) is 27.3 Å². The average Bonchev–Trinajstić information content (AvgIpc) is 3.32. The SMILES string of the molecule is CCOc1ncccc1C(=N)c1ccc(NC(=O)C2CC2F)nc1N.[HH].[HH]. The Balaban J connectivity index is 0.00000182. The molecule has 0 aromatic carbocycles. The minimum atomic E-state index is -1.08. The van der Waals surface area contributed by atoms with Crippen LogP contribution in [0.25, 0.3) is 0 Å². The zero-order valence-corrected chi connectivity index (χ0v) is 13.6. The van der Waals surface area contributed by atoms with E-state index in [2.05, 4.69) is 15.3 Å². The first kappa shape index (κ1) is 16.8. The Morgan fingerprint density at radius 2 is 2.24 bits per heavy atom. The summed E-state index contributed by atoms with van der Waals surface area (Å²) in [5, 5.41) is 10.9. The van der Waals surface area contributed by atoms with Gasteiger partial charge in [0.2, 0.25) is 11.8 Å². The monoisotopic (exact) mass is 347 g/mol. The van der Waals surface area contributed by atoms with Gasteiger partial charge < -0.3 is 15.8 Å². The smallest absolute Gasteiger partial charge is 0.231 e. The molecule has 2 heterocycles. The number of pyridine rings is 2. The highest BCUT2D eigenvalue weighted by Gasteiger charge is 2.43. The second-order valence-electron chi connectivity index (χ2n) is 5.64. The summed E-state index contributed by atoms with van der Waals surface area (Å²) < 4.78 is 18.3. The summed E-state index contributed by atoms with van der Waals surface area (Å²) in [5.41, 5.74) is 6.94. The fraction of sp³-hybridized carbons (Fsp3) is 0.294. The predicted molar refractivity (Wildman–Crippen MR) is 95.8 cm³/mol. The van der Waals surface area contributed by atoms with E-state index < -0.39 is 18.0 Å². The Kier molecular flexibility index (Phi) is 4.60. The van der Waals surface area contributed by atoms with E-state index in [1.807, 2.05) is 6.92 Å². The van der Waals surface area contributed by atoms with E-state index in [0.29, 0.717) is 23.6 Å². The fourth-order valence-electron chi connectivity index (χ4n) is 2.39. The lowest BCUT2D eigenvalue weighted by Crippen LogP contribution is -2.17. The third kappa shape index (κ3) is 3.57. The lowest BCUT2D eigenvalue weighted by Gasteiger charge is -2.12. The van der Waals surface area contributed by atoms with E-state index in [0.717, 1.165) is 0 Å². The van der Waals surface area contributed by atoms with Crippen LogP contribution in [0.4, 0.5) is 16.0 Å². The van der Waals surface area contributed by atoms with Gasteiger partial charge in [0.1, 0.15) is 17.8 Å². The molecule has 0 aliphatic heterocycles. The summed E-state index contributed by atoms with van der Waals surface area (Å²) in [6, 6.07) is 6.53. The molecule has 3 rings (SSSR count). The van der Waals surface area contributed by atoms with Gasteiger partial charge >= 0.3 is 0 Å². The third-order valence-electron chi connectivity index (χ3n) is 3.82. The molecule has 0 radical (unpaired) electrons. The van der Waals surface area contributed by atoms with Crippen molar-refractivity contribution in [3.05, 3.63) is 41.6 Å². The van der Waals surface area contributed by atoms with Gasteiger partial charge in [0, 0.05) is 14.6 Å². The van der Waals surface area contributed by atoms with Crippen LogP contribution in [0.2, 0.25) is 0 Å². The summed E-state index contributed by atoms with van der Waals surface area (Å²) in [6.07, 6.45) is 0.746. The van der Waals surface area contributed by atoms with E-state index in [4.69, 9.17) is 15.9 Å². The zero-order chi connectivity index (χ0) is 18.0. The maximum absolute atomic E-state index is 12.9. The zero-order valence-electron chi connectivity index (χ0n) is 13.6. The Bertz CT molecular complexity index is 837. The first-order chi connectivity index (χ1) is 12.0. The Morgan fingerprint density at radius 3 is 2.88 bits per heavy atom. The topological polar surface area (TPSA) is 114 Å². The molecule has 1 fully saturated rings. The van der Waals surface area contributed by atoms with Crippen LogP contribution in [-0.2, 0) is 4.79 Å². The highest BCUT2D eigenvalue weighted by atomic mass is 19.1. The molecule has 1 amide bonds. The van der Waals surface area contributed by atoms with Crippen molar-refractivity contribution in [1.82, 2.24) is 9.97 Å². The summed E-state index contributed by atoms with van der Waals surface area (Å²) in [5.74, 6) is -0.358. The van der Waals surface area contributed by atoms with Crippen molar-refractivity contribution in [2.45, 2.75) is 19.5 Å². The molecule has 8 heteroatoms.